The predicted octanol–water partition coefficient (Wildman–Crippen LogP) is 6.04. The summed E-state index contributed by atoms with van der Waals surface area (Å²) in [5.41, 5.74) is 1.01. The van der Waals surface area contributed by atoms with Crippen LogP contribution in [0.1, 0.15) is 11.1 Å². The fourth-order valence-corrected chi connectivity index (χ4v) is 4.72. The van der Waals surface area contributed by atoms with Crippen LogP contribution in [0.15, 0.2) is 76.1 Å². The van der Waals surface area contributed by atoms with Crippen molar-refractivity contribution in [2.75, 3.05) is 19.5 Å². The first-order valence-corrected chi connectivity index (χ1v) is 11.6. The molecule has 0 saturated heterocycles. The van der Waals surface area contributed by atoms with Gasteiger partial charge in [0.25, 0.3) is 0 Å². The molecular weight excluding hydrogens is 509 g/mol. The smallest absolute Gasteiger partial charge is 0.416 e. The van der Waals surface area contributed by atoms with Gasteiger partial charge >= 0.3 is 6.18 Å². The van der Waals surface area contributed by atoms with Crippen molar-refractivity contribution in [3.8, 4) is 5.75 Å². The summed E-state index contributed by atoms with van der Waals surface area (Å²) in [6.07, 6.45) is -4.41. The monoisotopic (exact) mass is 528 g/mol. The van der Waals surface area contributed by atoms with E-state index < -0.39 is 21.8 Å². The van der Waals surface area contributed by atoms with Crippen molar-refractivity contribution < 1.29 is 26.3 Å². The second-order valence-corrected chi connectivity index (χ2v) is 9.85. The standard InChI is InChI=1S/C22H20BrF3N2O3S/c1-28(14-15-3-9-18(31-2)10-4-15)32(29,30)19-11-12-21(20(23)13-19)27-17-7-5-16(6-8-17)22(24,25)26/h3-13,27H,14H2,1-2H3. The molecule has 32 heavy (non-hydrogen) atoms. The van der Waals surface area contributed by atoms with E-state index in [1.807, 2.05) is 0 Å². The van der Waals surface area contributed by atoms with Gasteiger partial charge in [-0.15, -0.1) is 0 Å². The number of alkyl halides is 3. The Hall–Kier alpha value is -2.56. The molecule has 1 N–H and O–H groups in total. The average molecular weight is 529 g/mol. The minimum atomic E-state index is -4.41. The van der Waals surface area contributed by atoms with Gasteiger partial charge in [0.1, 0.15) is 5.75 Å². The quantitative estimate of drug-likeness (QED) is 0.406. The molecule has 0 aliphatic rings. The molecule has 0 radical (unpaired) electrons. The van der Waals surface area contributed by atoms with E-state index in [1.165, 1.54) is 35.6 Å². The summed E-state index contributed by atoms with van der Waals surface area (Å²) >= 11 is 3.34. The number of hydrogen-bond acceptors (Lipinski definition) is 4. The largest absolute Gasteiger partial charge is 0.497 e. The number of rotatable bonds is 7. The summed E-state index contributed by atoms with van der Waals surface area (Å²) in [5, 5.41) is 2.97. The lowest BCUT2D eigenvalue weighted by Gasteiger charge is -2.18. The Morgan fingerprint density at radius 3 is 2.16 bits per heavy atom. The summed E-state index contributed by atoms with van der Waals surface area (Å²) < 4.78 is 70.9. The molecule has 0 bridgehead atoms. The minimum Gasteiger partial charge on any atom is -0.497 e. The van der Waals surface area contributed by atoms with Crippen LogP contribution in [0.3, 0.4) is 0 Å². The van der Waals surface area contributed by atoms with Gasteiger partial charge in [-0.25, -0.2) is 8.42 Å². The van der Waals surface area contributed by atoms with Crippen LogP contribution in [0.2, 0.25) is 0 Å². The van der Waals surface area contributed by atoms with Crippen molar-refractivity contribution in [1.82, 2.24) is 4.31 Å². The van der Waals surface area contributed by atoms with Gasteiger partial charge in [0.05, 0.1) is 23.3 Å². The Bertz CT molecular complexity index is 1180. The van der Waals surface area contributed by atoms with Crippen LogP contribution >= 0.6 is 15.9 Å². The van der Waals surface area contributed by atoms with Gasteiger partial charge in [0.15, 0.2) is 0 Å². The number of nitrogens with zero attached hydrogens (tertiary/aromatic N) is 1. The highest BCUT2D eigenvalue weighted by molar-refractivity contribution is 9.10. The Kier molecular flexibility index (Phi) is 7.16. The summed E-state index contributed by atoms with van der Waals surface area (Å²) in [6, 6.07) is 16.1. The Morgan fingerprint density at radius 1 is 1.00 bits per heavy atom. The second kappa shape index (κ2) is 9.51. The van der Waals surface area contributed by atoms with Crippen LogP contribution in [0, 0.1) is 0 Å². The van der Waals surface area contributed by atoms with Gasteiger partial charge in [-0.05, 0) is 76.1 Å². The molecule has 0 spiro atoms. The number of methoxy groups -OCH3 is 1. The predicted molar refractivity (Wildman–Crippen MR) is 121 cm³/mol. The maximum atomic E-state index is 13.0. The summed E-state index contributed by atoms with van der Waals surface area (Å²) in [6.45, 7) is 0.176. The van der Waals surface area contributed by atoms with Gasteiger partial charge in [-0.3, -0.25) is 0 Å². The highest BCUT2D eigenvalue weighted by Gasteiger charge is 2.30. The average Bonchev–Trinajstić information content (AvgIpc) is 2.75. The number of ether oxygens (including phenoxy) is 1. The first-order chi connectivity index (χ1) is 15.0. The summed E-state index contributed by atoms with van der Waals surface area (Å²) in [7, 11) is -0.725. The zero-order chi connectivity index (χ0) is 23.5. The Labute approximate surface area is 193 Å². The van der Waals surface area contributed by atoms with Crippen molar-refractivity contribution in [1.29, 1.82) is 0 Å². The lowest BCUT2D eigenvalue weighted by Crippen LogP contribution is -2.26. The van der Waals surface area contributed by atoms with Crippen molar-refractivity contribution in [3.63, 3.8) is 0 Å². The molecule has 0 aromatic heterocycles. The number of sulfonamides is 1. The van der Waals surface area contributed by atoms with Crippen molar-refractivity contribution in [3.05, 3.63) is 82.3 Å². The number of benzene rings is 3. The van der Waals surface area contributed by atoms with E-state index in [0.29, 0.717) is 21.6 Å². The second-order valence-electron chi connectivity index (χ2n) is 6.95. The zero-order valence-corrected chi connectivity index (χ0v) is 19.6. The van der Waals surface area contributed by atoms with Gasteiger partial charge in [-0.2, -0.15) is 17.5 Å². The molecule has 0 amide bonds. The van der Waals surface area contributed by atoms with Crippen molar-refractivity contribution in [2.45, 2.75) is 17.6 Å². The minimum absolute atomic E-state index is 0.0818. The molecule has 0 unspecified atom stereocenters. The van der Waals surface area contributed by atoms with Crippen LogP contribution in [-0.2, 0) is 22.7 Å². The van der Waals surface area contributed by atoms with Gasteiger partial charge in [0.2, 0.25) is 10.0 Å². The SMILES string of the molecule is COc1ccc(CN(C)S(=O)(=O)c2ccc(Nc3ccc(C(F)(F)F)cc3)c(Br)c2)cc1. The van der Waals surface area contributed by atoms with E-state index in [4.69, 9.17) is 4.74 Å². The third-order valence-electron chi connectivity index (χ3n) is 4.70. The molecule has 3 aromatic carbocycles. The summed E-state index contributed by atoms with van der Waals surface area (Å²) in [5.74, 6) is 0.680. The van der Waals surface area contributed by atoms with Gasteiger partial charge in [-0.1, -0.05) is 12.1 Å². The maximum Gasteiger partial charge on any atom is 0.416 e. The number of halogens is 4. The molecule has 170 valence electrons. The first kappa shape index (κ1) is 24.1. The summed E-state index contributed by atoms with van der Waals surface area (Å²) in [4.78, 5) is 0.0818. The van der Waals surface area contributed by atoms with E-state index in [9.17, 15) is 21.6 Å². The number of anilines is 2. The molecule has 0 saturated carbocycles. The fourth-order valence-electron chi connectivity index (χ4n) is 2.91. The topological polar surface area (TPSA) is 58.6 Å². The van der Waals surface area contributed by atoms with E-state index in [-0.39, 0.29) is 11.4 Å². The van der Waals surface area contributed by atoms with Crippen molar-refractivity contribution in [2.24, 2.45) is 0 Å². The zero-order valence-electron chi connectivity index (χ0n) is 17.2. The molecule has 0 fully saturated rings. The lowest BCUT2D eigenvalue weighted by atomic mass is 10.2. The molecule has 10 heteroatoms. The van der Waals surface area contributed by atoms with Crippen molar-refractivity contribution >= 4 is 37.3 Å². The van der Waals surface area contributed by atoms with E-state index in [0.717, 1.165) is 17.7 Å². The molecule has 0 aliphatic carbocycles. The molecule has 0 atom stereocenters. The number of hydrogen-bond donors (Lipinski definition) is 1. The lowest BCUT2D eigenvalue weighted by molar-refractivity contribution is -0.137. The molecule has 3 aromatic rings. The fraction of sp³-hybridized carbons (Fsp3) is 0.182. The highest BCUT2D eigenvalue weighted by Crippen LogP contribution is 2.32. The van der Waals surface area contributed by atoms with Crippen LogP contribution < -0.4 is 10.1 Å². The molecule has 5 nitrogen and oxygen atoms in total. The van der Waals surface area contributed by atoms with Crippen LogP contribution in [0.4, 0.5) is 24.5 Å². The van der Waals surface area contributed by atoms with Crippen LogP contribution in [0.25, 0.3) is 0 Å². The van der Waals surface area contributed by atoms with Crippen LogP contribution in [-0.4, -0.2) is 26.9 Å². The first-order valence-electron chi connectivity index (χ1n) is 9.34. The number of nitrogens with one attached hydrogen (secondary N) is 1. The van der Waals surface area contributed by atoms with E-state index >= 15 is 0 Å². The Morgan fingerprint density at radius 2 is 1.62 bits per heavy atom. The highest BCUT2D eigenvalue weighted by atomic mass is 79.9. The molecule has 0 aliphatic heterocycles. The van der Waals surface area contributed by atoms with Gasteiger partial charge < -0.3 is 10.1 Å². The normalized spacial score (nSPS) is 12.1. The third-order valence-corrected chi connectivity index (χ3v) is 7.16. The molecule has 3 rings (SSSR count). The molecule has 0 heterocycles. The Balaban J connectivity index is 1.75. The van der Waals surface area contributed by atoms with E-state index in [1.54, 1.807) is 37.4 Å². The van der Waals surface area contributed by atoms with E-state index in [2.05, 4.69) is 21.2 Å². The van der Waals surface area contributed by atoms with Gasteiger partial charge in [0, 0.05) is 23.8 Å². The maximum absolute atomic E-state index is 13.0. The third kappa shape index (κ3) is 5.62. The molecular formula is C22H20BrF3N2O3S. The van der Waals surface area contributed by atoms with Crippen LogP contribution in [0.5, 0.6) is 5.75 Å².